The van der Waals surface area contributed by atoms with E-state index in [4.69, 9.17) is 0 Å². The van der Waals surface area contributed by atoms with Crippen molar-refractivity contribution in [3.8, 4) is 5.75 Å². The molecule has 3 aliphatic rings. The van der Waals surface area contributed by atoms with Crippen molar-refractivity contribution in [2.75, 3.05) is 6.54 Å². The molecule has 2 fully saturated rings. The molecule has 1 aromatic rings. The summed E-state index contributed by atoms with van der Waals surface area (Å²) in [6.45, 7) is 0.168. The van der Waals surface area contributed by atoms with Gasteiger partial charge in [0.15, 0.2) is 0 Å². The van der Waals surface area contributed by atoms with Gasteiger partial charge in [0.1, 0.15) is 5.75 Å². The minimum absolute atomic E-state index is 0.0432. The summed E-state index contributed by atoms with van der Waals surface area (Å²) in [7, 11) is 0. The number of hydrogen-bond acceptors (Lipinski definition) is 4. The van der Waals surface area contributed by atoms with Gasteiger partial charge in [0.05, 0.1) is 11.8 Å². The Balaban J connectivity index is 1.30. The highest BCUT2D eigenvalue weighted by Gasteiger charge is 2.47. The Bertz CT molecular complexity index is 736. The van der Waals surface area contributed by atoms with Gasteiger partial charge in [-0.05, 0) is 42.9 Å². The smallest absolute Gasteiger partial charge is 0.233 e. The Labute approximate surface area is 152 Å². The average Bonchev–Trinajstić information content (AvgIpc) is 3.14. The molecule has 138 valence electrons. The predicted octanol–water partition coefficient (Wildman–Crippen LogP) is 1.54. The summed E-state index contributed by atoms with van der Waals surface area (Å²) in [5, 5.41) is 12.9. The molecule has 3 unspecified atom stereocenters. The number of amides is 3. The summed E-state index contributed by atoms with van der Waals surface area (Å²) in [5.74, 6) is -0.387. The molecular formula is C20H24N2O4. The summed E-state index contributed by atoms with van der Waals surface area (Å²) >= 11 is 0. The number of fused-ring (bicyclic) bond motifs is 2. The lowest BCUT2D eigenvalue weighted by molar-refractivity contribution is -0.140. The van der Waals surface area contributed by atoms with E-state index in [0.717, 1.165) is 36.8 Å². The number of likely N-dealkylation sites (tertiary alicyclic amines) is 1. The third kappa shape index (κ3) is 2.97. The second-order valence-corrected chi connectivity index (χ2v) is 7.66. The van der Waals surface area contributed by atoms with Gasteiger partial charge in [-0.25, -0.2) is 0 Å². The van der Waals surface area contributed by atoms with Crippen LogP contribution in [0.25, 0.3) is 0 Å². The van der Waals surface area contributed by atoms with E-state index >= 15 is 0 Å². The van der Waals surface area contributed by atoms with Crippen molar-refractivity contribution in [3.05, 3.63) is 29.3 Å². The monoisotopic (exact) mass is 356 g/mol. The van der Waals surface area contributed by atoms with Gasteiger partial charge in [0, 0.05) is 19.0 Å². The van der Waals surface area contributed by atoms with E-state index in [1.807, 2.05) is 12.1 Å². The average molecular weight is 356 g/mol. The van der Waals surface area contributed by atoms with Crippen LogP contribution in [0.4, 0.5) is 0 Å². The number of phenols is 1. The fraction of sp³-hybridized carbons (Fsp3) is 0.550. The Kier molecular flexibility index (Phi) is 4.42. The zero-order chi connectivity index (χ0) is 18.3. The van der Waals surface area contributed by atoms with E-state index in [9.17, 15) is 19.5 Å². The maximum Gasteiger partial charge on any atom is 0.233 e. The van der Waals surface area contributed by atoms with E-state index in [0.29, 0.717) is 12.8 Å². The van der Waals surface area contributed by atoms with Crippen LogP contribution in [-0.2, 0) is 27.2 Å². The first kappa shape index (κ1) is 17.1. The molecule has 6 heteroatoms. The Morgan fingerprint density at radius 2 is 1.81 bits per heavy atom. The quantitative estimate of drug-likeness (QED) is 0.801. The molecule has 1 saturated heterocycles. The molecule has 1 aliphatic heterocycles. The van der Waals surface area contributed by atoms with Crippen molar-refractivity contribution in [1.29, 1.82) is 0 Å². The van der Waals surface area contributed by atoms with Crippen LogP contribution in [0, 0.1) is 11.8 Å². The molecule has 0 spiro atoms. The molecule has 26 heavy (non-hydrogen) atoms. The van der Waals surface area contributed by atoms with Crippen LogP contribution < -0.4 is 5.32 Å². The number of nitrogens with one attached hydrogen (secondary N) is 1. The lowest BCUT2D eigenvalue weighted by Crippen LogP contribution is -2.39. The number of carbonyl (C=O) groups excluding carboxylic acids is 3. The van der Waals surface area contributed by atoms with Gasteiger partial charge in [-0.3, -0.25) is 19.3 Å². The van der Waals surface area contributed by atoms with Crippen LogP contribution in [-0.4, -0.2) is 40.3 Å². The van der Waals surface area contributed by atoms with Gasteiger partial charge in [-0.2, -0.15) is 0 Å². The molecule has 2 aliphatic carbocycles. The lowest BCUT2D eigenvalue weighted by atomic mass is 9.81. The fourth-order valence-electron chi connectivity index (χ4n) is 4.70. The second kappa shape index (κ2) is 6.74. The number of rotatable bonds is 4. The minimum atomic E-state index is -0.161. The first-order valence-corrected chi connectivity index (χ1v) is 9.49. The van der Waals surface area contributed by atoms with Crippen LogP contribution in [0.1, 0.15) is 43.2 Å². The van der Waals surface area contributed by atoms with E-state index < -0.39 is 0 Å². The molecule has 2 N–H and O–H groups in total. The van der Waals surface area contributed by atoms with E-state index in [-0.39, 0.29) is 54.3 Å². The van der Waals surface area contributed by atoms with Crippen LogP contribution in [0.2, 0.25) is 0 Å². The summed E-state index contributed by atoms with van der Waals surface area (Å²) in [5.41, 5.74) is 1.95. The standard InChI is InChI=1S/C20H24N2O4/c23-17-7-3-4-12-10-13(11-16(12)17)21-18(24)8-9-22-19(25)14-5-1-2-6-15(14)20(22)26/h3-4,7,13-15,23H,1-2,5-6,8-11H2,(H,21,24). The van der Waals surface area contributed by atoms with Crippen LogP contribution >= 0.6 is 0 Å². The first-order chi connectivity index (χ1) is 12.5. The lowest BCUT2D eigenvalue weighted by Gasteiger charge is -2.19. The van der Waals surface area contributed by atoms with Gasteiger partial charge in [-0.15, -0.1) is 0 Å². The molecule has 4 rings (SSSR count). The molecule has 3 atom stereocenters. The third-order valence-electron chi connectivity index (χ3n) is 6.03. The van der Waals surface area contributed by atoms with Crippen molar-refractivity contribution < 1.29 is 19.5 Å². The first-order valence-electron chi connectivity index (χ1n) is 9.49. The number of hydrogen-bond donors (Lipinski definition) is 2. The van der Waals surface area contributed by atoms with E-state index in [1.54, 1.807) is 6.07 Å². The van der Waals surface area contributed by atoms with Crippen molar-refractivity contribution in [2.24, 2.45) is 11.8 Å². The van der Waals surface area contributed by atoms with Crippen LogP contribution in [0.15, 0.2) is 18.2 Å². The molecule has 3 amide bonds. The topological polar surface area (TPSA) is 86.7 Å². The Morgan fingerprint density at radius 1 is 1.12 bits per heavy atom. The fourth-order valence-corrected chi connectivity index (χ4v) is 4.70. The van der Waals surface area contributed by atoms with E-state index in [1.165, 1.54) is 4.90 Å². The van der Waals surface area contributed by atoms with Crippen molar-refractivity contribution in [1.82, 2.24) is 10.2 Å². The number of benzene rings is 1. The third-order valence-corrected chi connectivity index (χ3v) is 6.03. The molecule has 1 saturated carbocycles. The normalized spacial score (nSPS) is 27.4. The molecule has 1 aromatic carbocycles. The number of nitrogens with zero attached hydrogens (tertiary/aromatic N) is 1. The summed E-state index contributed by atoms with van der Waals surface area (Å²) in [4.78, 5) is 38.5. The summed E-state index contributed by atoms with van der Waals surface area (Å²) in [6, 6.07) is 5.39. The van der Waals surface area contributed by atoms with Crippen LogP contribution in [0.5, 0.6) is 5.75 Å². The van der Waals surface area contributed by atoms with Gasteiger partial charge < -0.3 is 10.4 Å². The molecule has 0 radical (unpaired) electrons. The van der Waals surface area contributed by atoms with Crippen molar-refractivity contribution in [2.45, 2.75) is 51.0 Å². The Hall–Kier alpha value is -2.37. The number of aromatic hydroxyl groups is 1. The number of carbonyl (C=O) groups is 3. The van der Waals surface area contributed by atoms with Gasteiger partial charge in [-0.1, -0.05) is 25.0 Å². The molecule has 0 aromatic heterocycles. The maximum absolute atomic E-state index is 12.4. The SMILES string of the molecule is O=C(CCN1C(=O)C2CCCCC2C1=O)NC1Cc2cccc(O)c2C1. The van der Waals surface area contributed by atoms with Gasteiger partial charge >= 0.3 is 0 Å². The van der Waals surface area contributed by atoms with Crippen molar-refractivity contribution in [3.63, 3.8) is 0 Å². The molecule has 6 nitrogen and oxygen atoms in total. The second-order valence-electron chi connectivity index (χ2n) is 7.66. The maximum atomic E-state index is 12.4. The minimum Gasteiger partial charge on any atom is -0.508 e. The highest BCUT2D eigenvalue weighted by molar-refractivity contribution is 6.05. The highest BCUT2D eigenvalue weighted by Crippen LogP contribution is 2.38. The molecule has 0 bridgehead atoms. The van der Waals surface area contributed by atoms with Crippen molar-refractivity contribution >= 4 is 17.7 Å². The van der Waals surface area contributed by atoms with E-state index in [2.05, 4.69) is 5.32 Å². The van der Waals surface area contributed by atoms with Crippen LogP contribution in [0.3, 0.4) is 0 Å². The molecule has 1 heterocycles. The summed E-state index contributed by atoms with van der Waals surface area (Å²) in [6.07, 6.45) is 5.03. The zero-order valence-corrected chi connectivity index (χ0v) is 14.7. The highest BCUT2D eigenvalue weighted by atomic mass is 16.3. The number of phenolic OH excluding ortho intramolecular Hbond substituents is 1. The zero-order valence-electron chi connectivity index (χ0n) is 14.7. The largest absolute Gasteiger partial charge is 0.508 e. The Morgan fingerprint density at radius 3 is 2.46 bits per heavy atom. The van der Waals surface area contributed by atoms with Gasteiger partial charge in [0.2, 0.25) is 17.7 Å². The summed E-state index contributed by atoms with van der Waals surface area (Å²) < 4.78 is 0. The number of imide groups is 1. The van der Waals surface area contributed by atoms with Gasteiger partial charge in [0.25, 0.3) is 0 Å². The predicted molar refractivity (Wildman–Crippen MR) is 94.2 cm³/mol. The molecular weight excluding hydrogens is 332 g/mol.